The molecule has 1 unspecified atom stereocenters. The zero-order valence-electron chi connectivity index (χ0n) is 7.33. The summed E-state index contributed by atoms with van der Waals surface area (Å²) < 4.78 is 12.7. The van der Waals surface area contributed by atoms with Gasteiger partial charge in [0, 0.05) is 6.42 Å². The molecule has 13 heavy (non-hydrogen) atoms. The lowest BCUT2D eigenvalue weighted by Gasteiger charge is -2.06. The van der Waals surface area contributed by atoms with Gasteiger partial charge in [0.15, 0.2) is 0 Å². The number of aliphatic hydroxyl groups is 1. The van der Waals surface area contributed by atoms with Crippen LogP contribution in [0, 0.1) is 12.7 Å². The van der Waals surface area contributed by atoms with Crippen LogP contribution >= 0.6 is 0 Å². The Labute approximate surface area is 76.0 Å². The highest BCUT2D eigenvalue weighted by atomic mass is 19.1. The first-order valence-electron chi connectivity index (χ1n) is 4.02. The molecule has 0 saturated heterocycles. The molecule has 0 aromatic heterocycles. The third-order valence-electron chi connectivity index (χ3n) is 1.90. The standard InChI is InChI=1S/C10H11FO2/c1-7-2-3-9(11)4-8(7)5-10(13)6-12/h2-4,6,10,13H,5H2,1H3. The average molecular weight is 182 g/mol. The number of rotatable bonds is 3. The summed E-state index contributed by atoms with van der Waals surface area (Å²) in [6, 6.07) is 4.32. The summed E-state index contributed by atoms with van der Waals surface area (Å²) >= 11 is 0. The number of aliphatic hydroxyl groups excluding tert-OH is 1. The quantitative estimate of drug-likeness (QED) is 0.714. The van der Waals surface area contributed by atoms with Crippen molar-refractivity contribution in [1.82, 2.24) is 0 Å². The van der Waals surface area contributed by atoms with E-state index in [4.69, 9.17) is 5.11 Å². The maximum Gasteiger partial charge on any atom is 0.148 e. The van der Waals surface area contributed by atoms with Gasteiger partial charge in [0.25, 0.3) is 0 Å². The fraction of sp³-hybridized carbons (Fsp3) is 0.300. The van der Waals surface area contributed by atoms with Gasteiger partial charge < -0.3 is 9.90 Å². The Morgan fingerprint density at radius 3 is 2.92 bits per heavy atom. The molecule has 1 aromatic carbocycles. The fourth-order valence-electron chi connectivity index (χ4n) is 1.13. The second kappa shape index (κ2) is 4.14. The Bertz CT molecular complexity index is 310. The van der Waals surface area contributed by atoms with Crippen LogP contribution in [0.15, 0.2) is 18.2 Å². The molecule has 1 rings (SSSR count). The molecular weight excluding hydrogens is 171 g/mol. The lowest BCUT2D eigenvalue weighted by Crippen LogP contribution is -2.12. The Morgan fingerprint density at radius 1 is 1.62 bits per heavy atom. The van der Waals surface area contributed by atoms with Crippen molar-refractivity contribution in [2.75, 3.05) is 0 Å². The molecule has 2 nitrogen and oxygen atoms in total. The van der Waals surface area contributed by atoms with E-state index in [9.17, 15) is 9.18 Å². The topological polar surface area (TPSA) is 37.3 Å². The van der Waals surface area contributed by atoms with Crippen molar-refractivity contribution in [1.29, 1.82) is 0 Å². The Kier molecular flexibility index (Phi) is 3.14. The van der Waals surface area contributed by atoms with Crippen LogP contribution < -0.4 is 0 Å². The van der Waals surface area contributed by atoms with Crippen molar-refractivity contribution in [3.05, 3.63) is 35.1 Å². The molecule has 0 saturated carbocycles. The number of carbonyl (C=O) groups is 1. The Hall–Kier alpha value is -1.22. The number of carbonyl (C=O) groups excluding carboxylic acids is 1. The van der Waals surface area contributed by atoms with Gasteiger partial charge in [0.2, 0.25) is 0 Å². The monoisotopic (exact) mass is 182 g/mol. The molecule has 0 amide bonds. The first kappa shape index (κ1) is 9.86. The van der Waals surface area contributed by atoms with Gasteiger partial charge in [-0.25, -0.2) is 4.39 Å². The lowest BCUT2D eigenvalue weighted by atomic mass is 10.0. The van der Waals surface area contributed by atoms with E-state index in [0.29, 0.717) is 11.8 Å². The minimum absolute atomic E-state index is 0.174. The maximum absolute atomic E-state index is 12.7. The number of hydrogen-bond donors (Lipinski definition) is 1. The second-order valence-electron chi connectivity index (χ2n) is 2.98. The molecule has 1 aromatic rings. The SMILES string of the molecule is Cc1ccc(F)cc1CC(O)C=O. The van der Waals surface area contributed by atoms with Crippen molar-refractivity contribution in [2.45, 2.75) is 19.4 Å². The van der Waals surface area contributed by atoms with E-state index < -0.39 is 6.10 Å². The molecular formula is C10H11FO2. The zero-order chi connectivity index (χ0) is 9.84. The van der Waals surface area contributed by atoms with Crippen LogP contribution in [0.25, 0.3) is 0 Å². The third-order valence-corrected chi connectivity index (χ3v) is 1.90. The van der Waals surface area contributed by atoms with Gasteiger partial charge in [-0.2, -0.15) is 0 Å². The van der Waals surface area contributed by atoms with Gasteiger partial charge in [0.1, 0.15) is 18.2 Å². The van der Waals surface area contributed by atoms with Crippen LogP contribution in [-0.2, 0) is 11.2 Å². The molecule has 0 aliphatic rings. The normalized spacial score (nSPS) is 12.5. The largest absolute Gasteiger partial charge is 0.385 e. The van der Waals surface area contributed by atoms with Crippen molar-refractivity contribution in [3.8, 4) is 0 Å². The van der Waals surface area contributed by atoms with E-state index in [1.165, 1.54) is 12.1 Å². The van der Waals surface area contributed by atoms with Gasteiger partial charge in [0.05, 0.1) is 0 Å². The second-order valence-corrected chi connectivity index (χ2v) is 2.98. The number of aryl methyl sites for hydroxylation is 1. The maximum atomic E-state index is 12.7. The summed E-state index contributed by atoms with van der Waals surface area (Å²) in [6.07, 6.45) is -0.419. The molecule has 0 radical (unpaired) electrons. The van der Waals surface area contributed by atoms with Crippen LogP contribution in [0.5, 0.6) is 0 Å². The van der Waals surface area contributed by atoms with Crippen LogP contribution in [0.3, 0.4) is 0 Å². The van der Waals surface area contributed by atoms with E-state index in [-0.39, 0.29) is 12.2 Å². The Balaban J connectivity index is 2.86. The molecule has 1 atom stereocenters. The molecule has 0 aliphatic heterocycles. The molecule has 0 spiro atoms. The number of aldehydes is 1. The highest BCUT2D eigenvalue weighted by molar-refractivity contribution is 5.56. The van der Waals surface area contributed by atoms with E-state index in [1.54, 1.807) is 6.07 Å². The van der Waals surface area contributed by atoms with Crippen molar-refractivity contribution in [3.63, 3.8) is 0 Å². The van der Waals surface area contributed by atoms with E-state index in [0.717, 1.165) is 5.56 Å². The first-order valence-corrected chi connectivity index (χ1v) is 4.02. The molecule has 1 N–H and O–H groups in total. The Morgan fingerprint density at radius 2 is 2.31 bits per heavy atom. The number of hydrogen-bond acceptors (Lipinski definition) is 2. The summed E-state index contributed by atoms with van der Waals surface area (Å²) in [6.45, 7) is 1.81. The van der Waals surface area contributed by atoms with Gasteiger partial charge in [-0.3, -0.25) is 0 Å². The average Bonchev–Trinajstić information content (AvgIpc) is 2.11. The summed E-state index contributed by atoms with van der Waals surface area (Å²) in [5, 5.41) is 9.04. The van der Waals surface area contributed by atoms with Crippen molar-refractivity contribution < 1.29 is 14.3 Å². The molecule has 0 aliphatic carbocycles. The smallest absolute Gasteiger partial charge is 0.148 e. The minimum Gasteiger partial charge on any atom is -0.385 e. The molecule has 0 heterocycles. The summed E-state index contributed by atoms with van der Waals surface area (Å²) in [5.41, 5.74) is 1.54. The zero-order valence-corrected chi connectivity index (χ0v) is 7.33. The molecule has 70 valence electrons. The van der Waals surface area contributed by atoms with Crippen LogP contribution in [0.2, 0.25) is 0 Å². The van der Waals surface area contributed by atoms with Crippen LogP contribution in [-0.4, -0.2) is 17.5 Å². The van der Waals surface area contributed by atoms with Crippen LogP contribution in [0.1, 0.15) is 11.1 Å². The van der Waals surface area contributed by atoms with Gasteiger partial charge in [-0.1, -0.05) is 6.07 Å². The van der Waals surface area contributed by atoms with E-state index in [2.05, 4.69) is 0 Å². The van der Waals surface area contributed by atoms with E-state index in [1.807, 2.05) is 6.92 Å². The highest BCUT2D eigenvalue weighted by Crippen LogP contribution is 2.11. The summed E-state index contributed by atoms with van der Waals surface area (Å²) in [7, 11) is 0. The molecule has 0 fully saturated rings. The van der Waals surface area contributed by atoms with Gasteiger partial charge in [-0.15, -0.1) is 0 Å². The summed E-state index contributed by atoms with van der Waals surface area (Å²) in [4.78, 5) is 10.2. The fourth-order valence-corrected chi connectivity index (χ4v) is 1.13. The lowest BCUT2D eigenvalue weighted by molar-refractivity contribution is -0.114. The predicted octanol–water partition coefficient (Wildman–Crippen LogP) is 1.24. The number of halogens is 1. The minimum atomic E-state index is -1.04. The first-order chi connectivity index (χ1) is 6.13. The van der Waals surface area contributed by atoms with Crippen molar-refractivity contribution in [2.24, 2.45) is 0 Å². The molecule has 0 bridgehead atoms. The third kappa shape index (κ3) is 2.63. The van der Waals surface area contributed by atoms with Gasteiger partial charge in [-0.05, 0) is 30.2 Å². The number of benzene rings is 1. The van der Waals surface area contributed by atoms with E-state index >= 15 is 0 Å². The predicted molar refractivity (Wildman–Crippen MR) is 46.9 cm³/mol. The highest BCUT2D eigenvalue weighted by Gasteiger charge is 2.06. The van der Waals surface area contributed by atoms with Gasteiger partial charge >= 0.3 is 0 Å². The molecule has 3 heteroatoms. The van der Waals surface area contributed by atoms with Crippen molar-refractivity contribution >= 4 is 6.29 Å². The van der Waals surface area contributed by atoms with Crippen LogP contribution in [0.4, 0.5) is 4.39 Å². The summed E-state index contributed by atoms with van der Waals surface area (Å²) in [5.74, 6) is -0.348.